The molecule has 0 aliphatic rings. The molecule has 6 heteroatoms. The number of allylic oxidation sites excluding steroid dienone is 1. The van der Waals surface area contributed by atoms with Crippen LogP contribution in [0.3, 0.4) is 0 Å². The second-order valence-electron chi connectivity index (χ2n) is 5.84. The van der Waals surface area contributed by atoms with Crippen LogP contribution in [0.1, 0.15) is 18.3 Å². The first-order valence-corrected chi connectivity index (χ1v) is 8.55. The van der Waals surface area contributed by atoms with Crippen molar-refractivity contribution >= 4 is 22.7 Å². The fourth-order valence-corrected chi connectivity index (χ4v) is 2.97. The zero-order valence-corrected chi connectivity index (χ0v) is 15.8. The van der Waals surface area contributed by atoms with Gasteiger partial charge < -0.3 is 18.8 Å². The summed E-state index contributed by atoms with van der Waals surface area (Å²) in [5.41, 5.74) is 3.02. The van der Waals surface area contributed by atoms with Gasteiger partial charge in [-0.25, -0.2) is 4.98 Å². The highest BCUT2D eigenvalue weighted by atomic mass is 16.5. The fourth-order valence-electron chi connectivity index (χ4n) is 2.97. The van der Waals surface area contributed by atoms with Crippen molar-refractivity contribution in [3.8, 4) is 23.3 Å². The zero-order valence-electron chi connectivity index (χ0n) is 15.8. The average Bonchev–Trinajstić information content (AvgIpc) is 3.03. The van der Waals surface area contributed by atoms with Crippen LogP contribution in [-0.2, 0) is 7.05 Å². The lowest BCUT2D eigenvalue weighted by Crippen LogP contribution is -1.99. The third-order valence-electron chi connectivity index (χ3n) is 4.23. The molecule has 2 aromatic carbocycles. The molecule has 0 radical (unpaired) electrons. The molecule has 1 heterocycles. The number of para-hydroxylation sites is 2. The van der Waals surface area contributed by atoms with Crippen molar-refractivity contribution in [3.05, 3.63) is 47.8 Å². The van der Waals surface area contributed by atoms with E-state index >= 15 is 0 Å². The van der Waals surface area contributed by atoms with Gasteiger partial charge in [-0.1, -0.05) is 12.1 Å². The molecule has 3 aromatic rings. The number of imidazole rings is 1. The number of aromatic nitrogens is 2. The minimum Gasteiger partial charge on any atom is -0.493 e. The zero-order chi connectivity index (χ0) is 19.4. The number of hydrogen-bond donors (Lipinski definition) is 0. The number of hydrogen-bond acceptors (Lipinski definition) is 5. The molecule has 0 aliphatic carbocycles. The van der Waals surface area contributed by atoms with Crippen LogP contribution in [0.4, 0.5) is 0 Å². The van der Waals surface area contributed by atoms with Crippen LogP contribution in [0, 0.1) is 11.3 Å². The molecular formula is C21H21N3O3. The van der Waals surface area contributed by atoms with Gasteiger partial charge in [0, 0.05) is 7.05 Å². The van der Waals surface area contributed by atoms with Gasteiger partial charge in [0.05, 0.1) is 37.4 Å². The third kappa shape index (κ3) is 3.44. The normalized spacial score (nSPS) is 11.3. The van der Waals surface area contributed by atoms with Crippen LogP contribution in [0.2, 0.25) is 0 Å². The lowest BCUT2D eigenvalue weighted by atomic mass is 10.1. The maximum absolute atomic E-state index is 9.72. The van der Waals surface area contributed by atoms with Gasteiger partial charge in [-0.15, -0.1) is 0 Å². The highest BCUT2D eigenvalue weighted by Gasteiger charge is 2.16. The van der Waals surface area contributed by atoms with E-state index in [2.05, 4.69) is 11.1 Å². The van der Waals surface area contributed by atoms with Crippen molar-refractivity contribution in [1.82, 2.24) is 9.55 Å². The SMILES string of the molecule is CCOc1c(OC)cc(/C=C(/C#N)c2nc3ccccc3n2C)cc1OC. The Balaban J connectivity index is 2.13. The van der Waals surface area contributed by atoms with Crippen molar-refractivity contribution in [2.45, 2.75) is 6.92 Å². The molecule has 0 fully saturated rings. The Morgan fingerprint density at radius 2 is 1.85 bits per heavy atom. The van der Waals surface area contributed by atoms with Gasteiger partial charge >= 0.3 is 0 Å². The van der Waals surface area contributed by atoms with Crippen molar-refractivity contribution in [1.29, 1.82) is 5.26 Å². The molecule has 0 amide bonds. The van der Waals surface area contributed by atoms with Gasteiger partial charge in [0.15, 0.2) is 17.3 Å². The van der Waals surface area contributed by atoms with E-state index < -0.39 is 0 Å². The molecule has 0 saturated heterocycles. The van der Waals surface area contributed by atoms with Crippen LogP contribution in [0.25, 0.3) is 22.7 Å². The van der Waals surface area contributed by atoms with E-state index in [0.717, 1.165) is 16.6 Å². The Morgan fingerprint density at radius 3 is 2.41 bits per heavy atom. The first-order chi connectivity index (χ1) is 13.1. The second kappa shape index (κ2) is 7.83. The summed E-state index contributed by atoms with van der Waals surface area (Å²) in [5, 5.41) is 9.72. The Morgan fingerprint density at radius 1 is 1.19 bits per heavy atom. The molecule has 138 valence electrons. The van der Waals surface area contributed by atoms with Gasteiger partial charge in [0.2, 0.25) is 5.75 Å². The molecule has 0 bridgehead atoms. The van der Waals surface area contributed by atoms with E-state index in [1.807, 2.05) is 54.9 Å². The second-order valence-corrected chi connectivity index (χ2v) is 5.84. The van der Waals surface area contributed by atoms with Crippen LogP contribution >= 0.6 is 0 Å². The Labute approximate surface area is 158 Å². The van der Waals surface area contributed by atoms with E-state index in [1.54, 1.807) is 20.3 Å². The predicted octanol–water partition coefficient (Wildman–Crippen LogP) is 4.05. The fraction of sp³-hybridized carbons (Fsp3) is 0.238. The van der Waals surface area contributed by atoms with Crippen LogP contribution in [0.5, 0.6) is 17.2 Å². The Kier molecular flexibility index (Phi) is 5.32. The molecule has 0 unspecified atom stereocenters. The molecule has 0 atom stereocenters. The molecule has 0 N–H and O–H groups in total. The molecule has 0 spiro atoms. The summed E-state index contributed by atoms with van der Waals surface area (Å²) in [6, 6.07) is 13.7. The van der Waals surface area contributed by atoms with Gasteiger partial charge in [-0.05, 0) is 42.8 Å². The van der Waals surface area contributed by atoms with E-state index in [-0.39, 0.29) is 0 Å². The average molecular weight is 363 g/mol. The molecule has 27 heavy (non-hydrogen) atoms. The monoisotopic (exact) mass is 363 g/mol. The maximum Gasteiger partial charge on any atom is 0.203 e. The van der Waals surface area contributed by atoms with E-state index in [9.17, 15) is 5.26 Å². The summed E-state index contributed by atoms with van der Waals surface area (Å²) < 4.78 is 18.4. The topological polar surface area (TPSA) is 69.3 Å². The van der Waals surface area contributed by atoms with Gasteiger partial charge in [-0.2, -0.15) is 5.26 Å². The smallest absolute Gasteiger partial charge is 0.203 e. The number of methoxy groups -OCH3 is 2. The largest absolute Gasteiger partial charge is 0.493 e. The minimum atomic E-state index is 0.446. The Bertz CT molecular complexity index is 1020. The quantitative estimate of drug-likeness (QED) is 0.618. The summed E-state index contributed by atoms with van der Waals surface area (Å²) in [6.07, 6.45) is 1.77. The first-order valence-electron chi connectivity index (χ1n) is 8.55. The number of ether oxygens (including phenoxy) is 3. The van der Waals surface area contributed by atoms with Crippen molar-refractivity contribution in [2.75, 3.05) is 20.8 Å². The molecule has 0 aliphatic heterocycles. The number of benzene rings is 2. The van der Waals surface area contributed by atoms with Crippen LogP contribution in [0.15, 0.2) is 36.4 Å². The predicted molar refractivity (Wildman–Crippen MR) is 105 cm³/mol. The lowest BCUT2D eigenvalue weighted by molar-refractivity contribution is 0.288. The summed E-state index contributed by atoms with van der Waals surface area (Å²) >= 11 is 0. The number of fused-ring (bicyclic) bond motifs is 1. The van der Waals surface area contributed by atoms with Crippen LogP contribution < -0.4 is 14.2 Å². The van der Waals surface area contributed by atoms with Gasteiger partial charge in [0.25, 0.3) is 0 Å². The van der Waals surface area contributed by atoms with Crippen molar-refractivity contribution < 1.29 is 14.2 Å². The van der Waals surface area contributed by atoms with Crippen molar-refractivity contribution in [3.63, 3.8) is 0 Å². The lowest BCUT2D eigenvalue weighted by Gasteiger charge is -2.14. The van der Waals surface area contributed by atoms with Crippen LogP contribution in [-0.4, -0.2) is 30.4 Å². The summed E-state index contributed by atoms with van der Waals surface area (Å²) in [5.74, 6) is 2.24. The number of nitriles is 1. The standard InChI is InChI=1S/C21H21N3O3/c1-5-27-20-18(25-3)11-14(12-19(20)26-4)10-15(13-22)21-23-16-8-6-7-9-17(16)24(21)2/h6-12H,5H2,1-4H3/b15-10-. The molecule has 1 aromatic heterocycles. The van der Waals surface area contributed by atoms with Crippen molar-refractivity contribution in [2.24, 2.45) is 7.05 Å². The van der Waals surface area contributed by atoms with E-state index in [4.69, 9.17) is 14.2 Å². The molecule has 0 saturated carbocycles. The highest BCUT2D eigenvalue weighted by Crippen LogP contribution is 2.39. The summed E-state index contributed by atoms with van der Waals surface area (Å²) in [4.78, 5) is 4.60. The maximum atomic E-state index is 9.72. The van der Waals surface area contributed by atoms with Gasteiger partial charge in [-0.3, -0.25) is 0 Å². The molecule has 3 rings (SSSR count). The Hall–Kier alpha value is -3.46. The summed E-state index contributed by atoms with van der Waals surface area (Å²) in [6.45, 7) is 2.39. The highest BCUT2D eigenvalue weighted by molar-refractivity contribution is 5.91. The van der Waals surface area contributed by atoms with E-state index in [1.165, 1.54) is 0 Å². The number of nitrogens with zero attached hydrogens (tertiary/aromatic N) is 3. The minimum absolute atomic E-state index is 0.446. The molecule has 6 nitrogen and oxygen atoms in total. The number of rotatable bonds is 6. The first kappa shape index (κ1) is 18.3. The van der Waals surface area contributed by atoms with Gasteiger partial charge in [0.1, 0.15) is 6.07 Å². The summed E-state index contributed by atoms with van der Waals surface area (Å²) in [7, 11) is 5.04. The third-order valence-corrected chi connectivity index (χ3v) is 4.23. The number of aryl methyl sites for hydroxylation is 1. The molecular weight excluding hydrogens is 342 g/mol. The van der Waals surface area contributed by atoms with E-state index in [0.29, 0.717) is 35.3 Å².